The molecule has 2 aromatic rings. The summed E-state index contributed by atoms with van der Waals surface area (Å²) in [7, 11) is 1.69. The van der Waals surface area contributed by atoms with Gasteiger partial charge in [0.2, 0.25) is 0 Å². The van der Waals surface area contributed by atoms with Crippen molar-refractivity contribution in [3.63, 3.8) is 0 Å². The number of nitrogen functional groups attached to an aromatic ring is 1. The Hall–Kier alpha value is -2.69. The number of hydrogen-bond donors (Lipinski definition) is 2. The molecule has 0 saturated carbocycles. The van der Waals surface area contributed by atoms with E-state index in [-0.39, 0.29) is 5.91 Å². The molecule has 3 N–H and O–H groups in total. The van der Waals surface area contributed by atoms with Crippen LogP contribution in [0, 0.1) is 5.92 Å². The van der Waals surface area contributed by atoms with Gasteiger partial charge in [-0.15, -0.1) is 0 Å². The first-order valence-corrected chi connectivity index (χ1v) is 8.19. The third-order valence-electron chi connectivity index (χ3n) is 4.41. The number of amides is 1. The first-order valence-electron chi connectivity index (χ1n) is 8.19. The molecule has 1 heterocycles. The number of carbonyl (C=O) groups is 1. The third kappa shape index (κ3) is 3.62. The van der Waals surface area contributed by atoms with Gasteiger partial charge in [0.1, 0.15) is 5.75 Å². The van der Waals surface area contributed by atoms with Crippen LogP contribution in [0.1, 0.15) is 16.8 Å². The van der Waals surface area contributed by atoms with Gasteiger partial charge < -0.3 is 20.7 Å². The second kappa shape index (κ2) is 7.25. The molecule has 126 valence electrons. The molecule has 1 saturated heterocycles. The fraction of sp³-hybridized carbons (Fsp3) is 0.316. The molecule has 0 aromatic heterocycles. The van der Waals surface area contributed by atoms with E-state index in [1.165, 1.54) is 0 Å². The van der Waals surface area contributed by atoms with Crippen LogP contribution < -0.4 is 20.7 Å². The monoisotopic (exact) mass is 325 g/mol. The van der Waals surface area contributed by atoms with E-state index in [4.69, 9.17) is 10.5 Å². The molecule has 0 spiro atoms. The smallest absolute Gasteiger partial charge is 0.251 e. The topological polar surface area (TPSA) is 67.6 Å². The van der Waals surface area contributed by atoms with E-state index in [0.29, 0.717) is 23.7 Å². The summed E-state index contributed by atoms with van der Waals surface area (Å²) >= 11 is 0. The molecule has 5 heteroatoms. The summed E-state index contributed by atoms with van der Waals surface area (Å²) in [6.45, 7) is 2.55. The van der Waals surface area contributed by atoms with Gasteiger partial charge in [0.25, 0.3) is 5.91 Å². The summed E-state index contributed by atoms with van der Waals surface area (Å²) in [6, 6.07) is 15.1. The number of carbonyl (C=O) groups excluding carboxylic acids is 1. The summed E-state index contributed by atoms with van der Waals surface area (Å²) in [4.78, 5) is 14.5. The maximum absolute atomic E-state index is 12.2. The largest absolute Gasteiger partial charge is 0.495 e. The lowest BCUT2D eigenvalue weighted by atomic mass is 10.1. The molecule has 0 bridgehead atoms. The zero-order valence-electron chi connectivity index (χ0n) is 13.9. The fourth-order valence-electron chi connectivity index (χ4n) is 3.13. The zero-order chi connectivity index (χ0) is 16.9. The van der Waals surface area contributed by atoms with Gasteiger partial charge in [0.15, 0.2) is 0 Å². The molecule has 1 atom stereocenters. The van der Waals surface area contributed by atoms with Gasteiger partial charge >= 0.3 is 0 Å². The van der Waals surface area contributed by atoms with Crippen molar-refractivity contribution in [1.82, 2.24) is 5.32 Å². The van der Waals surface area contributed by atoms with Crippen LogP contribution in [0.3, 0.4) is 0 Å². The molecule has 1 aliphatic rings. The Morgan fingerprint density at radius 1 is 1.29 bits per heavy atom. The van der Waals surface area contributed by atoms with Crippen molar-refractivity contribution in [2.75, 3.05) is 37.4 Å². The normalized spacial score (nSPS) is 16.9. The number of rotatable bonds is 5. The lowest BCUT2D eigenvalue weighted by Gasteiger charge is -2.21. The molecule has 24 heavy (non-hydrogen) atoms. The molecule has 0 aliphatic carbocycles. The molecular formula is C19H23N3O2. The Labute approximate surface area is 142 Å². The summed E-state index contributed by atoms with van der Waals surface area (Å²) in [5, 5.41) is 3.02. The quantitative estimate of drug-likeness (QED) is 0.829. The summed E-state index contributed by atoms with van der Waals surface area (Å²) in [5.41, 5.74) is 8.05. The number of nitrogens with two attached hydrogens (primary N) is 1. The molecule has 5 nitrogen and oxygen atoms in total. The van der Waals surface area contributed by atoms with Crippen LogP contribution >= 0.6 is 0 Å². The van der Waals surface area contributed by atoms with Crippen LogP contribution in [0.25, 0.3) is 0 Å². The van der Waals surface area contributed by atoms with Crippen LogP contribution in [-0.4, -0.2) is 32.7 Å². The number of nitrogens with one attached hydrogen (secondary N) is 1. The number of anilines is 2. The van der Waals surface area contributed by atoms with Crippen molar-refractivity contribution in [2.45, 2.75) is 6.42 Å². The van der Waals surface area contributed by atoms with Crippen molar-refractivity contribution in [1.29, 1.82) is 0 Å². The van der Waals surface area contributed by atoms with E-state index >= 15 is 0 Å². The average molecular weight is 325 g/mol. The molecule has 1 amide bonds. The predicted molar refractivity (Wildman–Crippen MR) is 96.5 cm³/mol. The number of ether oxygens (including phenoxy) is 1. The highest BCUT2D eigenvalue weighted by Crippen LogP contribution is 2.31. The fourth-order valence-corrected chi connectivity index (χ4v) is 3.13. The second-order valence-electron chi connectivity index (χ2n) is 6.11. The Morgan fingerprint density at radius 3 is 2.92 bits per heavy atom. The average Bonchev–Trinajstić information content (AvgIpc) is 3.08. The molecule has 1 aliphatic heterocycles. The molecule has 1 unspecified atom stereocenters. The van der Waals surface area contributed by atoms with Crippen LogP contribution in [0.5, 0.6) is 5.75 Å². The van der Waals surface area contributed by atoms with E-state index in [1.807, 2.05) is 18.2 Å². The zero-order valence-corrected chi connectivity index (χ0v) is 13.9. The minimum absolute atomic E-state index is 0.0713. The number of methoxy groups -OCH3 is 1. The molecule has 1 fully saturated rings. The molecule has 0 radical (unpaired) electrons. The second-order valence-corrected chi connectivity index (χ2v) is 6.11. The highest BCUT2D eigenvalue weighted by molar-refractivity contribution is 5.94. The van der Waals surface area contributed by atoms with Gasteiger partial charge in [-0.2, -0.15) is 0 Å². The van der Waals surface area contributed by atoms with Crippen molar-refractivity contribution in [3.8, 4) is 5.75 Å². The van der Waals surface area contributed by atoms with E-state index in [2.05, 4.69) is 16.3 Å². The van der Waals surface area contributed by atoms with Crippen LogP contribution in [0.15, 0.2) is 48.5 Å². The van der Waals surface area contributed by atoms with Gasteiger partial charge in [0.05, 0.1) is 12.8 Å². The van der Waals surface area contributed by atoms with E-state index in [0.717, 1.165) is 30.9 Å². The lowest BCUT2D eigenvalue weighted by molar-refractivity contribution is 0.0948. The Morgan fingerprint density at radius 2 is 2.12 bits per heavy atom. The van der Waals surface area contributed by atoms with Gasteiger partial charge in [-0.1, -0.05) is 18.2 Å². The third-order valence-corrected chi connectivity index (χ3v) is 4.41. The first kappa shape index (κ1) is 16.2. The van der Waals surface area contributed by atoms with Gasteiger partial charge in [-0.25, -0.2) is 0 Å². The summed E-state index contributed by atoms with van der Waals surface area (Å²) in [6.07, 6.45) is 1.05. The van der Waals surface area contributed by atoms with Crippen LogP contribution in [0.4, 0.5) is 11.4 Å². The standard InChI is InChI=1S/C19H23N3O2/c1-24-18-8-3-2-7-17(18)22-10-9-14(13-22)12-21-19(23)15-5-4-6-16(20)11-15/h2-8,11,14H,9-10,12-13,20H2,1H3,(H,21,23). The van der Waals surface area contributed by atoms with E-state index in [1.54, 1.807) is 31.4 Å². The van der Waals surface area contributed by atoms with Gasteiger partial charge in [-0.05, 0) is 42.7 Å². The van der Waals surface area contributed by atoms with Crippen molar-refractivity contribution < 1.29 is 9.53 Å². The maximum atomic E-state index is 12.2. The molecule has 2 aromatic carbocycles. The predicted octanol–water partition coefficient (Wildman–Crippen LogP) is 2.53. The summed E-state index contributed by atoms with van der Waals surface area (Å²) in [5.74, 6) is 1.25. The maximum Gasteiger partial charge on any atom is 0.251 e. The number of para-hydroxylation sites is 2. The minimum Gasteiger partial charge on any atom is -0.495 e. The van der Waals surface area contributed by atoms with Crippen LogP contribution in [0.2, 0.25) is 0 Å². The first-order chi connectivity index (χ1) is 11.7. The highest BCUT2D eigenvalue weighted by atomic mass is 16.5. The number of benzene rings is 2. The van der Waals surface area contributed by atoms with Crippen molar-refractivity contribution in [3.05, 3.63) is 54.1 Å². The number of hydrogen-bond acceptors (Lipinski definition) is 4. The minimum atomic E-state index is -0.0713. The highest BCUT2D eigenvalue weighted by Gasteiger charge is 2.24. The number of nitrogens with zero attached hydrogens (tertiary/aromatic N) is 1. The Balaban J connectivity index is 1.56. The van der Waals surface area contributed by atoms with E-state index in [9.17, 15) is 4.79 Å². The lowest BCUT2D eigenvalue weighted by Crippen LogP contribution is -2.31. The van der Waals surface area contributed by atoms with E-state index < -0.39 is 0 Å². The van der Waals surface area contributed by atoms with Crippen molar-refractivity contribution in [2.24, 2.45) is 5.92 Å². The molecule has 3 rings (SSSR count). The van der Waals surface area contributed by atoms with Crippen molar-refractivity contribution >= 4 is 17.3 Å². The Kier molecular flexibility index (Phi) is 4.89. The Bertz CT molecular complexity index is 717. The SMILES string of the molecule is COc1ccccc1N1CCC(CNC(=O)c2cccc(N)c2)C1. The van der Waals surface area contributed by atoms with Gasteiger partial charge in [0, 0.05) is 30.9 Å². The van der Waals surface area contributed by atoms with Crippen LogP contribution in [-0.2, 0) is 0 Å². The van der Waals surface area contributed by atoms with Gasteiger partial charge in [-0.3, -0.25) is 4.79 Å². The summed E-state index contributed by atoms with van der Waals surface area (Å²) < 4.78 is 5.44. The molecular weight excluding hydrogens is 302 g/mol.